The predicted molar refractivity (Wildman–Crippen MR) is 85.2 cm³/mol. The van der Waals surface area contributed by atoms with E-state index in [9.17, 15) is 4.79 Å². The first kappa shape index (κ1) is 16.4. The topological polar surface area (TPSA) is 54.5 Å². The molecule has 2 rings (SSSR count). The maximum atomic E-state index is 12.1. The Balaban J connectivity index is 1.75. The molecule has 1 N–H and O–H groups in total. The largest absolute Gasteiger partial charge is 0.302 e. The SMILES string of the molecule is CON1CCC(CC(=O)Nc2ncc(CC(C)C)s2)CC1. The van der Waals surface area contributed by atoms with E-state index < -0.39 is 0 Å². The van der Waals surface area contributed by atoms with Gasteiger partial charge in [-0.25, -0.2) is 4.98 Å². The van der Waals surface area contributed by atoms with Crippen molar-refractivity contribution < 1.29 is 9.63 Å². The lowest BCUT2D eigenvalue weighted by molar-refractivity contribution is -0.149. The lowest BCUT2D eigenvalue weighted by Gasteiger charge is -2.29. The second-order valence-electron chi connectivity index (χ2n) is 6.04. The molecule has 21 heavy (non-hydrogen) atoms. The lowest BCUT2D eigenvalue weighted by Crippen LogP contribution is -2.34. The summed E-state index contributed by atoms with van der Waals surface area (Å²) in [6.45, 7) is 6.18. The number of thiazole rings is 1. The summed E-state index contributed by atoms with van der Waals surface area (Å²) in [6, 6.07) is 0. The van der Waals surface area contributed by atoms with Crippen LogP contribution in [0.15, 0.2) is 6.20 Å². The van der Waals surface area contributed by atoms with Gasteiger partial charge in [-0.05, 0) is 31.1 Å². The molecule has 0 aromatic carbocycles. The number of carbonyl (C=O) groups is 1. The van der Waals surface area contributed by atoms with E-state index in [0.717, 1.165) is 37.5 Å². The van der Waals surface area contributed by atoms with E-state index in [1.165, 1.54) is 4.88 Å². The number of aromatic nitrogens is 1. The molecule has 0 radical (unpaired) electrons. The molecule has 1 aromatic rings. The lowest BCUT2D eigenvalue weighted by atomic mass is 9.94. The quantitative estimate of drug-likeness (QED) is 0.877. The van der Waals surface area contributed by atoms with E-state index in [4.69, 9.17) is 4.84 Å². The fourth-order valence-electron chi connectivity index (χ4n) is 2.59. The minimum absolute atomic E-state index is 0.0799. The van der Waals surface area contributed by atoms with Crippen LogP contribution in [0.3, 0.4) is 0 Å². The number of hydrogen-bond acceptors (Lipinski definition) is 5. The van der Waals surface area contributed by atoms with Crippen molar-refractivity contribution in [2.75, 3.05) is 25.5 Å². The minimum atomic E-state index is 0.0799. The number of amides is 1. The Morgan fingerprint density at radius 1 is 1.52 bits per heavy atom. The number of hydrogen-bond donors (Lipinski definition) is 1. The number of piperidine rings is 1. The van der Waals surface area contributed by atoms with Gasteiger partial charge in [0.2, 0.25) is 5.91 Å². The molecule has 6 heteroatoms. The first-order chi connectivity index (χ1) is 10.1. The molecule has 1 fully saturated rings. The summed E-state index contributed by atoms with van der Waals surface area (Å²) in [5.41, 5.74) is 0. The highest BCUT2D eigenvalue weighted by atomic mass is 32.1. The standard InChI is InChI=1S/C15H25N3O2S/c1-11(2)8-13-10-16-15(21-13)17-14(19)9-12-4-6-18(20-3)7-5-12/h10-12H,4-9H2,1-3H3,(H,16,17,19). The van der Waals surface area contributed by atoms with Gasteiger partial charge in [-0.3, -0.25) is 4.79 Å². The van der Waals surface area contributed by atoms with Gasteiger partial charge in [0.1, 0.15) is 0 Å². The van der Waals surface area contributed by atoms with Crippen LogP contribution < -0.4 is 5.32 Å². The summed E-state index contributed by atoms with van der Waals surface area (Å²) < 4.78 is 0. The molecule has 2 heterocycles. The molecule has 0 spiro atoms. The fraction of sp³-hybridized carbons (Fsp3) is 0.733. The minimum Gasteiger partial charge on any atom is -0.302 e. The van der Waals surface area contributed by atoms with E-state index in [0.29, 0.717) is 18.3 Å². The van der Waals surface area contributed by atoms with E-state index >= 15 is 0 Å². The molecule has 1 aliphatic heterocycles. The summed E-state index contributed by atoms with van der Waals surface area (Å²) in [5, 5.41) is 5.61. The van der Waals surface area contributed by atoms with Gasteiger partial charge in [-0.1, -0.05) is 13.8 Å². The average molecular weight is 311 g/mol. The van der Waals surface area contributed by atoms with Crippen molar-refractivity contribution in [3.05, 3.63) is 11.1 Å². The van der Waals surface area contributed by atoms with Crippen LogP contribution in [0.5, 0.6) is 0 Å². The summed E-state index contributed by atoms with van der Waals surface area (Å²) in [7, 11) is 1.70. The van der Waals surface area contributed by atoms with Crippen molar-refractivity contribution in [1.82, 2.24) is 10.0 Å². The monoisotopic (exact) mass is 311 g/mol. The molecule has 5 nitrogen and oxygen atoms in total. The number of rotatable bonds is 6. The third-order valence-electron chi connectivity index (χ3n) is 3.72. The van der Waals surface area contributed by atoms with Gasteiger partial charge in [0.25, 0.3) is 0 Å². The summed E-state index contributed by atoms with van der Waals surface area (Å²) >= 11 is 1.58. The summed E-state index contributed by atoms with van der Waals surface area (Å²) in [5.74, 6) is 1.14. The van der Waals surface area contributed by atoms with Crippen LogP contribution in [-0.4, -0.2) is 36.2 Å². The van der Waals surface area contributed by atoms with E-state index in [1.54, 1.807) is 18.4 Å². The number of anilines is 1. The third kappa shape index (κ3) is 5.37. The molecular weight excluding hydrogens is 286 g/mol. The highest BCUT2D eigenvalue weighted by Gasteiger charge is 2.21. The maximum absolute atomic E-state index is 12.1. The molecule has 0 aliphatic carbocycles. The van der Waals surface area contributed by atoms with E-state index in [-0.39, 0.29) is 5.91 Å². The first-order valence-electron chi connectivity index (χ1n) is 7.60. The van der Waals surface area contributed by atoms with Gasteiger partial charge in [-0.2, -0.15) is 5.06 Å². The molecule has 1 amide bonds. The van der Waals surface area contributed by atoms with E-state index in [1.807, 2.05) is 11.3 Å². The van der Waals surface area contributed by atoms with Gasteiger partial charge in [0.05, 0.1) is 7.11 Å². The Labute approximate surface area is 130 Å². The van der Waals surface area contributed by atoms with Crippen molar-refractivity contribution in [1.29, 1.82) is 0 Å². The molecule has 1 aromatic heterocycles. The van der Waals surface area contributed by atoms with E-state index in [2.05, 4.69) is 24.1 Å². The van der Waals surface area contributed by atoms with Crippen LogP contribution in [0.2, 0.25) is 0 Å². The smallest absolute Gasteiger partial charge is 0.226 e. The van der Waals surface area contributed by atoms with Gasteiger partial charge < -0.3 is 10.2 Å². The van der Waals surface area contributed by atoms with Crippen LogP contribution in [-0.2, 0) is 16.1 Å². The van der Waals surface area contributed by atoms with Crippen LogP contribution in [0, 0.1) is 11.8 Å². The van der Waals surface area contributed by atoms with Crippen molar-refractivity contribution in [2.24, 2.45) is 11.8 Å². The zero-order chi connectivity index (χ0) is 15.2. The molecule has 0 unspecified atom stereocenters. The molecule has 118 valence electrons. The van der Waals surface area contributed by atoms with Gasteiger partial charge in [0, 0.05) is 30.6 Å². The first-order valence-corrected chi connectivity index (χ1v) is 8.42. The number of carbonyl (C=O) groups excluding carboxylic acids is 1. The number of nitrogens with zero attached hydrogens (tertiary/aromatic N) is 2. The van der Waals surface area contributed by atoms with Crippen LogP contribution in [0.1, 0.15) is 38.0 Å². The highest BCUT2D eigenvalue weighted by Crippen LogP contribution is 2.23. The van der Waals surface area contributed by atoms with Crippen molar-refractivity contribution in [3.63, 3.8) is 0 Å². The van der Waals surface area contributed by atoms with Crippen molar-refractivity contribution >= 4 is 22.4 Å². The molecular formula is C15H25N3O2S. The van der Waals surface area contributed by atoms with Crippen LogP contribution >= 0.6 is 11.3 Å². The molecule has 0 bridgehead atoms. The third-order valence-corrected chi connectivity index (χ3v) is 4.65. The molecule has 1 saturated heterocycles. The van der Waals surface area contributed by atoms with Crippen molar-refractivity contribution in [3.8, 4) is 0 Å². The zero-order valence-corrected chi connectivity index (χ0v) is 13.9. The Hall–Kier alpha value is -0.980. The maximum Gasteiger partial charge on any atom is 0.226 e. The Kier molecular flexibility index (Phi) is 6.14. The molecule has 0 saturated carbocycles. The van der Waals surface area contributed by atoms with Gasteiger partial charge in [-0.15, -0.1) is 11.3 Å². The van der Waals surface area contributed by atoms with Gasteiger partial charge >= 0.3 is 0 Å². The predicted octanol–water partition coefficient (Wildman–Crippen LogP) is 2.94. The normalized spacial score (nSPS) is 17.3. The summed E-state index contributed by atoms with van der Waals surface area (Å²) in [6.07, 6.45) is 5.49. The second kappa shape index (κ2) is 7.87. The Morgan fingerprint density at radius 3 is 2.86 bits per heavy atom. The fourth-order valence-corrected chi connectivity index (χ4v) is 3.63. The second-order valence-corrected chi connectivity index (χ2v) is 7.15. The summed E-state index contributed by atoms with van der Waals surface area (Å²) in [4.78, 5) is 22.8. The van der Waals surface area contributed by atoms with Crippen LogP contribution in [0.25, 0.3) is 0 Å². The van der Waals surface area contributed by atoms with Crippen LogP contribution in [0.4, 0.5) is 5.13 Å². The molecule has 1 aliphatic rings. The van der Waals surface area contributed by atoms with Gasteiger partial charge in [0.15, 0.2) is 5.13 Å². The number of hydroxylamine groups is 2. The number of nitrogens with one attached hydrogen (secondary N) is 1. The zero-order valence-electron chi connectivity index (χ0n) is 13.1. The molecule has 0 atom stereocenters. The van der Waals surface area contributed by atoms with Crippen molar-refractivity contribution in [2.45, 2.75) is 39.5 Å². The Bertz CT molecular complexity index is 454. The highest BCUT2D eigenvalue weighted by molar-refractivity contribution is 7.15. The average Bonchev–Trinajstić information content (AvgIpc) is 2.85. The Morgan fingerprint density at radius 2 is 2.24 bits per heavy atom.